The topological polar surface area (TPSA) is 75.1 Å². The van der Waals surface area contributed by atoms with E-state index in [9.17, 15) is 4.79 Å². The van der Waals surface area contributed by atoms with E-state index < -0.39 is 0 Å². The molecule has 2 N–H and O–H groups in total. The van der Waals surface area contributed by atoms with E-state index in [0.29, 0.717) is 34.2 Å². The highest BCUT2D eigenvalue weighted by Crippen LogP contribution is 2.29. The molecule has 2 heterocycles. The van der Waals surface area contributed by atoms with Crippen molar-refractivity contribution in [2.24, 2.45) is 5.92 Å². The molecular formula is C17H17Cl2N5O. The van der Waals surface area contributed by atoms with Crippen molar-refractivity contribution in [2.75, 3.05) is 5.32 Å². The SMILES string of the molecule is O=c1cc(CC2CCC2)[nH]c2nc(NCc3ccc(Cl)cc3Cl)nn12. The van der Waals surface area contributed by atoms with Gasteiger partial charge >= 0.3 is 0 Å². The van der Waals surface area contributed by atoms with Crippen LogP contribution in [0.4, 0.5) is 5.95 Å². The summed E-state index contributed by atoms with van der Waals surface area (Å²) in [5.41, 5.74) is 1.62. The van der Waals surface area contributed by atoms with Crippen molar-refractivity contribution in [3.63, 3.8) is 0 Å². The fourth-order valence-corrected chi connectivity index (χ4v) is 3.44. The highest BCUT2D eigenvalue weighted by molar-refractivity contribution is 6.35. The molecule has 25 heavy (non-hydrogen) atoms. The zero-order valence-electron chi connectivity index (χ0n) is 13.4. The van der Waals surface area contributed by atoms with Crippen LogP contribution in [0.15, 0.2) is 29.1 Å². The minimum Gasteiger partial charge on any atom is -0.349 e. The van der Waals surface area contributed by atoms with E-state index in [1.54, 1.807) is 18.2 Å². The summed E-state index contributed by atoms with van der Waals surface area (Å²) in [6.07, 6.45) is 4.63. The van der Waals surface area contributed by atoms with Gasteiger partial charge in [-0.2, -0.15) is 9.50 Å². The maximum Gasteiger partial charge on any atom is 0.275 e. The highest BCUT2D eigenvalue weighted by atomic mass is 35.5. The third-order valence-electron chi connectivity index (χ3n) is 4.57. The number of aromatic amines is 1. The Labute approximate surface area is 154 Å². The lowest BCUT2D eigenvalue weighted by Crippen LogP contribution is -2.19. The summed E-state index contributed by atoms with van der Waals surface area (Å²) in [6, 6.07) is 6.92. The van der Waals surface area contributed by atoms with Crippen LogP contribution < -0.4 is 10.9 Å². The van der Waals surface area contributed by atoms with Crippen LogP contribution in [-0.4, -0.2) is 19.6 Å². The van der Waals surface area contributed by atoms with Crippen LogP contribution in [0.1, 0.15) is 30.5 Å². The largest absolute Gasteiger partial charge is 0.349 e. The molecular weight excluding hydrogens is 361 g/mol. The monoisotopic (exact) mass is 377 g/mol. The van der Waals surface area contributed by atoms with E-state index in [1.807, 2.05) is 6.07 Å². The smallest absolute Gasteiger partial charge is 0.275 e. The summed E-state index contributed by atoms with van der Waals surface area (Å²) in [5.74, 6) is 1.50. The molecule has 0 saturated heterocycles. The van der Waals surface area contributed by atoms with Gasteiger partial charge in [-0.05, 0) is 30.0 Å². The Morgan fingerprint density at radius 2 is 2.12 bits per heavy atom. The van der Waals surface area contributed by atoms with Gasteiger partial charge < -0.3 is 10.3 Å². The summed E-state index contributed by atoms with van der Waals surface area (Å²) in [7, 11) is 0. The molecule has 1 aliphatic rings. The third-order valence-corrected chi connectivity index (χ3v) is 5.16. The Morgan fingerprint density at radius 3 is 2.84 bits per heavy atom. The van der Waals surface area contributed by atoms with Crippen LogP contribution >= 0.6 is 23.2 Å². The number of H-pyrrole nitrogens is 1. The molecule has 0 aliphatic heterocycles. The first-order chi connectivity index (χ1) is 12.1. The van der Waals surface area contributed by atoms with E-state index in [-0.39, 0.29) is 5.56 Å². The molecule has 0 bridgehead atoms. The molecule has 0 atom stereocenters. The van der Waals surface area contributed by atoms with Gasteiger partial charge in [0.25, 0.3) is 5.56 Å². The van der Waals surface area contributed by atoms with Crippen molar-refractivity contribution in [1.82, 2.24) is 19.6 Å². The van der Waals surface area contributed by atoms with Crippen LogP contribution in [-0.2, 0) is 13.0 Å². The van der Waals surface area contributed by atoms with Crippen molar-refractivity contribution in [3.05, 3.63) is 55.9 Å². The number of benzene rings is 1. The predicted molar refractivity (Wildman–Crippen MR) is 98.4 cm³/mol. The lowest BCUT2D eigenvalue weighted by molar-refractivity contribution is 0.312. The molecule has 0 unspecified atom stereocenters. The molecule has 1 aromatic carbocycles. The maximum absolute atomic E-state index is 12.2. The summed E-state index contributed by atoms with van der Waals surface area (Å²) < 4.78 is 1.27. The standard InChI is InChI=1S/C17H17Cl2N5O/c18-12-5-4-11(14(19)7-12)9-20-16-22-17-21-13(6-10-2-1-3-10)8-15(25)24(17)23-16/h4-5,7-8,10H,1-3,6,9H2,(H2,20,21,22,23). The molecule has 1 aliphatic carbocycles. The van der Waals surface area contributed by atoms with Crippen LogP contribution in [0.5, 0.6) is 0 Å². The number of aromatic nitrogens is 4. The minimum atomic E-state index is -0.173. The average molecular weight is 378 g/mol. The molecule has 6 nitrogen and oxygen atoms in total. The van der Waals surface area contributed by atoms with Gasteiger partial charge in [-0.3, -0.25) is 4.79 Å². The predicted octanol–water partition coefficient (Wildman–Crippen LogP) is 3.68. The van der Waals surface area contributed by atoms with Crippen LogP contribution in [0, 0.1) is 5.92 Å². The van der Waals surface area contributed by atoms with Gasteiger partial charge in [0.05, 0.1) is 0 Å². The van der Waals surface area contributed by atoms with Crippen molar-refractivity contribution < 1.29 is 0 Å². The molecule has 1 saturated carbocycles. The molecule has 0 spiro atoms. The van der Waals surface area contributed by atoms with Crippen molar-refractivity contribution >= 4 is 34.9 Å². The minimum absolute atomic E-state index is 0.173. The lowest BCUT2D eigenvalue weighted by Gasteiger charge is -2.24. The van der Waals surface area contributed by atoms with E-state index >= 15 is 0 Å². The Kier molecular flexibility index (Phi) is 4.39. The number of rotatable bonds is 5. The Morgan fingerprint density at radius 1 is 1.28 bits per heavy atom. The molecule has 3 aromatic rings. The number of anilines is 1. The van der Waals surface area contributed by atoms with Crippen LogP contribution in [0.25, 0.3) is 5.78 Å². The van der Waals surface area contributed by atoms with E-state index in [0.717, 1.165) is 17.7 Å². The average Bonchev–Trinajstić information content (AvgIpc) is 2.94. The summed E-state index contributed by atoms with van der Waals surface area (Å²) in [4.78, 5) is 19.8. The molecule has 0 amide bonds. The van der Waals surface area contributed by atoms with Crippen LogP contribution in [0.3, 0.4) is 0 Å². The van der Waals surface area contributed by atoms with E-state index in [2.05, 4.69) is 20.4 Å². The Hall–Kier alpha value is -2.05. The molecule has 1 fully saturated rings. The van der Waals surface area contributed by atoms with E-state index in [1.165, 1.54) is 23.8 Å². The number of hydrogen-bond acceptors (Lipinski definition) is 4. The lowest BCUT2D eigenvalue weighted by atomic mass is 9.82. The first-order valence-electron chi connectivity index (χ1n) is 8.25. The fourth-order valence-electron chi connectivity index (χ4n) is 2.97. The summed E-state index contributed by atoms with van der Waals surface area (Å²) >= 11 is 12.1. The number of nitrogens with zero attached hydrogens (tertiary/aromatic N) is 3. The van der Waals surface area contributed by atoms with Crippen molar-refractivity contribution in [2.45, 2.75) is 32.2 Å². The number of nitrogens with one attached hydrogen (secondary N) is 2. The van der Waals surface area contributed by atoms with Gasteiger partial charge in [-0.1, -0.05) is 48.5 Å². The molecule has 4 rings (SSSR count). The Balaban J connectivity index is 1.53. The second-order valence-corrected chi connectivity index (χ2v) is 7.24. The molecule has 2 aromatic heterocycles. The van der Waals surface area contributed by atoms with Gasteiger partial charge in [0.15, 0.2) is 0 Å². The first-order valence-corrected chi connectivity index (χ1v) is 9.01. The third kappa shape index (κ3) is 3.50. The van der Waals surface area contributed by atoms with Gasteiger partial charge in [-0.25, -0.2) is 0 Å². The molecule has 0 radical (unpaired) electrons. The van der Waals surface area contributed by atoms with Crippen LogP contribution in [0.2, 0.25) is 10.0 Å². The highest BCUT2D eigenvalue weighted by Gasteiger charge is 2.19. The Bertz CT molecular complexity index is 977. The quantitative estimate of drug-likeness (QED) is 0.710. The van der Waals surface area contributed by atoms with Gasteiger partial charge in [0.1, 0.15) is 0 Å². The van der Waals surface area contributed by atoms with Crippen molar-refractivity contribution in [3.8, 4) is 0 Å². The second kappa shape index (κ2) is 6.69. The zero-order valence-corrected chi connectivity index (χ0v) is 14.9. The summed E-state index contributed by atoms with van der Waals surface area (Å²) in [5, 5.41) is 8.46. The molecule has 8 heteroatoms. The summed E-state index contributed by atoms with van der Waals surface area (Å²) in [6.45, 7) is 0.440. The normalized spacial score (nSPS) is 14.6. The van der Waals surface area contributed by atoms with Gasteiger partial charge in [0, 0.05) is 28.4 Å². The number of hydrogen-bond donors (Lipinski definition) is 2. The van der Waals surface area contributed by atoms with Gasteiger partial charge in [0.2, 0.25) is 11.7 Å². The number of fused-ring (bicyclic) bond motifs is 1. The van der Waals surface area contributed by atoms with Crippen molar-refractivity contribution in [1.29, 1.82) is 0 Å². The first kappa shape index (κ1) is 16.4. The second-order valence-electron chi connectivity index (χ2n) is 6.39. The zero-order chi connectivity index (χ0) is 17.4. The van der Waals surface area contributed by atoms with E-state index in [4.69, 9.17) is 23.2 Å². The fraction of sp³-hybridized carbons (Fsp3) is 0.353. The van der Waals surface area contributed by atoms with Gasteiger partial charge in [-0.15, -0.1) is 5.10 Å². The number of halogens is 2. The maximum atomic E-state index is 12.2. The molecule has 130 valence electrons.